The third-order valence-electron chi connectivity index (χ3n) is 5.41. The number of ether oxygens (including phenoxy) is 2. The van der Waals surface area contributed by atoms with Gasteiger partial charge in [-0.1, -0.05) is 27.7 Å². The van der Waals surface area contributed by atoms with Crippen LogP contribution in [0.2, 0.25) is 0 Å². The Morgan fingerprint density at radius 3 is 2.41 bits per heavy atom. The van der Waals surface area contributed by atoms with Crippen LogP contribution in [-0.4, -0.2) is 72.7 Å². The van der Waals surface area contributed by atoms with Gasteiger partial charge in [-0.3, -0.25) is 9.59 Å². The monoisotopic (exact) mass is 451 g/mol. The summed E-state index contributed by atoms with van der Waals surface area (Å²) >= 11 is 0. The number of carbonyl (C=O) groups is 2. The molecule has 1 aromatic rings. The smallest absolute Gasteiger partial charge is 0.242 e. The first-order chi connectivity index (χ1) is 15.1. The molecule has 1 atom stereocenters. The van der Waals surface area contributed by atoms with Crippen molar-refractivity contribution in [2.75, 3.05) is 46.6 Å². The Kier molecular flexibility index (Phi) is 12.6. The lowest BCUT2D eigenvalue weighted by Crippen LogP contribution is -2.44. The van der Waals surface area contributed by atoms with Gasteiger partial charge in [-0.15, -0.1) is 0 Å². The van der Waals surface area contributed by atoms with Gasteiger partial charge in [0.1, 0.15) is 0 Å². The van der Waals surface area contributed by atoms with E-state index in [0.29, 0.717) is 45.9 Å². The number of hydrogen-bond acceptors (Lipinski definition) is 4. The van der Waals surface area contributed by atoms with Gasteiger partial charge >= 0.3 is 0 Å². The van der Waals surface area contributed by atoms with Gasteiger partial charge in [0.25, 0.3) is 0 Å². The maximum absolute atomic E-state index is 13.2. The van der Waals surface area contributed by atoms with Gasteiger partial charge in [0.2, 0.25) is 11.8 Å². The first-order valence-electron chi connectivity index (χ1n) is 11.8. The molecule has 0 saturated heterocycles. The van der Waals surface area contributed by atoms with Crippen LogP contribution in [0, 0.1) is 11.3 Å². The van der Waals surface area contributed by atoms with Crippen molar-refractivity contribution in [1.82, 2.24) is 14.4 Å². The van der Waals surface area contributed by atoms with Crippen molar-refractivity contribution in [2.45, 2.75) is 60.4 Å². The summed E-state index contributed by atoms with van der Waals surface area (Å²) in [5, 5.41) is 0. The van der Waals surface area contributed by atoms with E-state index >= 15 is 0 Å². The van der Waals surface area contributed by atoms with Gasteiger partial charge in [0, 0.05) is 58.8 Å². The Morgan fingerprint density at radius 1 is 1.12 bits per heavy atom. The second-order valence-electron chi connectivity index (χ2n) is 9.86. The maximum Gasteiger partial charge on any atom is 0.242 e. The highest BCUT2D eigenvalue weighted by molar-refractivity contribution is 5.85. The van der Waals surface area contributed by atoms with Gasteiger partial charge < -0.3 is 23.8 Å². The molecule has 0 aliphatic heterocycles. The van der Waals surface area contributed by atoms with Crippen LogP contribution < -0.4 is 0 Å². The van der Waals surface area contributed by atoms with Crippen molar-refractivity contribution < 1.29 is 19.1 Å². The third-order valence-corrected chi connectivity index (χ3v) is 5.41. The predicted octanol–water partition coefficient (Wildman–Crippen LogP) is 3.72. The molecule has 1 rings (SSSR count). The van der Waals surface area contributed by atoms with E-state index in [1.165, 1.54) is 0 Å². The van der Waals surface area contributed by atoms with Gasteiger partial charge in [-0.25, -0.2) is 0 Å². The van der Waals surface area contributed by atoms with Crippen molar-refractivity contribution in [2.24, 2.45) is 18.4 Å². The van der Waals surface area contributed by atoms with E-state index in [9.17, 15) is 9.59 Å². The van der Waals surface area contributed by atoms with Crippen molar-refractivity contribution in [3.8, 4) is 0 Å². The molecule has 32 heavy (non-hydrogen) atoms. The number of rotatable bonds is 15. The summed E-state index contributed by atoms with van der Waals surface area (Å²) in [7, 11) is 3.60. The van der Waals surface area contributed by atoms with Gasteiger partial charge in [0.05, 0.1) is 19.7 Å². The van der Waals surface area contributed by atoms with Crippen molar-refractivity contribution >= 4 is 11.8 Å². The fourth-order valence-corrected chi connectivity index (χ4v) is 3.95. The molecule has 0 N–H and O–H groups in total. The molecule has 0 saturated carbocycles. The quantitative estimate of drug-likeness (QED) is 0.381. The summed E-state index contributed by atoms with van der Waals surface area (Å²) in [6, 6.07) is 3.97. The minimum Gasteiger partial charge on any atom is -0.383 e. The number of nitrogens with zero attached hydrogens (tertiary/aromatic N) is 3. The van der Waals surface area contributed by atoms with Gasteiger partial charge in [-0.2, -0.15) is 0 Å². The SMILES string of the molecule is CCOCCCN(CC(=O)N(CCOC)Cc1cccn1C)C(=O)CC(C)CC(C)(C)C. The Bertz CT molecular complexity index is 681. The van der Waals surface area contributed by atoms with Crippen LogP contribution in [0.5, 0.6) is 0 Å². The number of aryl methyl sites for hydroxylation is 1. The normalized spacial score (nSPS) is 12.6. The zero-order valence-corrected chi connectivity index (χ0v) is 21.4. The summed E-state index contributed by atoms with van der Waals surface area (Å²) in [5.41, 5.74) is 1.21. The van der Waals surface area contributed by atoms with E-state index in [1.807, 2.05) is 36.9 Å². The predicted molar refractivity (Wildman–Crippen MR) is 128 cm³/mol. The van der Waals surface area contributed by atoms with E-state index in [4.69, 9.17) is 9.47 Å². The fraction of sp³-hybridized carbons (Fsp3) is 0.760. The number of aromatic nitrogens is 1. The molecule has 1 heterocycles. The highest BCUT2D eigenvalue weighted by Crippen LogP contribution is 2.26. The molecule has 0 aliphatic carbocycles. The van der Waals surface area contributed by atoms with Crippen LogP contribution in [-0.2, 0) is 32.7 Å². The third kappa shape index (κ3) is 11.1. The highest BCUT2D eigenvalue weighted by Gasteiger charge is 2.24. The number of carbonyl (C=O) groups excluding carboxylic acids is 2. The summed E-state index contributed by atoms with van der Waals surface area (Å²) in [4.78, 5) is 29.9. The fourth-order valence-electron chi connectivity index (χ4n) is 3.95. The first kappa shape index (κ1) is 28.2. The molecule has 0 spiro atoms. The Balaban J connectivity index is 2.86. The van der Waals surface area contributed by atoms with Crippen LogP contribution in [0.3, 0.4) is 0 Å². The standard InChI is InChI=1S/C25H45N3O4/c1-8-32-15-10-13-27(23(29)17-21(2)18-25(3,4)5)20-24(30)28(14-16-31-7)19-22-11-9-12-26(22)6/h9,11-12,21H,8,10,13-20H2,1-7H3. The summed E-state index contributed by atoms with van der Waals surface area (Å²) in [6.45, 7) is 13.9. The van der Waals surface area contributed by atoms with E-state index in [0.717, 1.165) is 18.5 Å². The van der Waals surface area contributed by atoms with Gasteiger partial charge in [0.15, 0.2) is 0 Å². The zero-order chi connectivity index (χ0) is 24.1. The lowest BCUT2D eigenvalue weighted by molar-refractivity contribution is -0.142. The molecule has 0 radical (unpaired) electrons. The molecule has 1 unspecified atom stereocenters. The lowest BCUT2D eigenvalue weighted by Gasteiger charge is -2.29. The minimum absolute atomic E-state index is 0.0390. The van der Waals surface area contributed by atoms with E-state index in [-0.39, 0.29) is 29.7 Å². The van der Waals surface area contributed by atoms with Crippen molar-refractivity contribution in [1.29, 1.82) is 0 Å². The average molecular weight is 452 g/mol. The Hall–Kier alpha value is -1.86. The maximum atomic E-state index is 13.2. The molecule has 0 aromatic carbocycles. The molecule has 0 bridgehead atoms. The summed E-state index contributed by atoms with van der Waals surface area (Å²) in [5.74, 6) is 0.244. The zero-order valence-electron chi connectivity index (χ0n) is 21.4. The molecule has 2 amide bonds. The Labute approximate surface area is 195 Å². The molecule has 0 aliphatic rings. The van der Waals surface area contributed by atoms with Gasteiger partial charge in [-0.05, 0) is 43.2 Å². The lowest BCUT2D eigenvalue weighted by atomic mass is 9.84. The molecule has 1 aromatic heterocycles. The second-order valence-corrected chi connectivity index (χ2v) is 9.86. The second kappa shape index (κ2) is 14.3. The van der Waals surface area contributed by atoms with E-state index < -0.39 is 0 Å². The highest BCUT2D eigenvalue weighted by atomic mass is 16.5. The largest absolute Gasteiger partial charge is 0.383 e. The molecular weight excluding hydrogens is 406 g/mol. The van der Waals surface area contributed by atoms with Crippen LogP contribution in [0.15, 0.2) is 18.3 Å². The van der Waals surface area contributed by atoms with Crippen LogP contribution >= 0.6 is 0 Å². The average Bonchev–Trinajstić information content (AvgIpc) is 3.10. The Morgan fingerprint density at radius 2 is 1.84 bits per heavy atom. The number of amides is 2. The van der Waals surface area contributed by atoms with Crippen molar-refractivity contribution in [3.05, 3.63) is 24.0 Å². The number of methoxy groups -OCH3 is 1. The topological polar surface area (TPSA) is 64.0 Å². The van der Waals surface area contributed by atoms with E-state index in [2.05, 4.69) is 27.7 Å². The molecule has 7 heteroatoms. The summed E-state index contributed by atoms with van der Waals surface area (Å²) in [6.07, 6.45) is 4.10. The molecular formula is C25H45N3O4. The minimum atomic E-state index is -0.0588. The van der Waals surface area contributed by atoms with E-state index in [1.54, 1.807) is 16.9 Å². The van der Waals surface area contributed by atoms with Crippen LogP contribution in [0.1, 0.15) is 59.6 Å². The number of hydrogen-bond donors (Lipinski definition) is 0. The summed E-state index contributed by atoms with van der Waals surface area (Å²) < 4.78 is 12.7. The van der Waals surface area contributed by atoms with Crippen molar-refractivity contribution in [3.63, 3.8) is 0 Å². The molecule has 184 valence electrons. The molecule has 0 fully saturated rings. The van der Waals surface area contributed by atoms with Crippen LogP contribution in [0.4, 0.5) is 0 Å². The first-order valence-corrected chi connectivity index (χ1v) is 11.8. The molecule has 7 nitrogen and oxygen atoms in total. The van der Waals surface area contributed by atoms with Crippen LogP contribution in [0.25, 0.3) is 0 Å².